The van der Waals surface area contributed by atoms with Crippen molar-refractivity contribution in [3.05, 3.63) is 52.8 Å². The zero-order chi connectivity index (χ0) is 21.3. The largest absolute Gasteiger partial charge is 0.497 e. The minimum Gasteiger partial charge on any atom is -0.497 e. The molecule has 0 unspecified atom stereocenters. The van der Waals surface area contributed by atoms with E-state index in [9.17, 15) is 14.4 Å². The SMILES string of the molecule is C#CCn1c(=NC(=O)c2ccc(N3C(=O)CCC3=O)cc2)sc2cc(OC)ccc21. The van der Waals surface area contributed by atoms with Gasteiger partial charge in [0.15, 0.2) is 4.80 Å². The first kappa shape index (κ1) is 19.6. The summed E-state index contributed by atoms with van der Waals surface area (Å²) in [6.45, 7) is 0.274. The van der Waals surface area contributed by atoms with Crippen molar-refractivity contribution in [1.29, 1.82) is 0 Å². The van der Waals surface area contributed by atoms with E-state index in [2.05, 4.69) is 10.9 Å². The predicted octanol–water partition coefficient (Wildman–Crippen LogP) is 2.74. The van der Waals surface area contributed by atoms with Crippen LogP contribution < -0.4 is 14.4 Å². The number of fused-ring (bicyclic) bond motifs is 1. The highest BCUT2D eigenvalue weighted by molar-refractivity contribution is 7.16. The smallest absolute Gasteiger partial charge is 0.279 e. The van der Waals surface area contributed by atoms with Crippen LogP contribution in [-0.4, -0.2) is 29.4 Å². The molecule has 2 heterocycles. The third-order valence-electron chi connectivity index (χ3n) is 4.76. The van der Waals surface area contributed by atoms with Crippen molar-refractivity contribution in [2.45, 2.75) is 19.4 Å². The van der Waals surface area contributed by atoms with Crippen LogP contribution in [0.2, 0.25) is 0 Å². The van der Waals surface area contributed by atoms with Crippen molar-refractivity contribution in [2.75, 3.05) is 12.0 Å². The Bertz CT molecular complexity index is 1260. The number of nitrogens with zero attached hydrogens (tertiary/aromatic N) is 3. The molecule has 1 saturated heterocycles. The zero-order valence-electron chi connectivity index (χ0n) is 16.1. The Labute approximate surface area is 176 Å². The summed E-state index contributed by atoms with van der Waals surface area (Å²) in [5.74, 6) is 2.38. The van der Waals surface area contributed by atoms with Gasteiger partial charge >= 0.3 is 0 Å². The summed E-state index contributed by atoms with van der Waals surface area (Å²) in [5, 5.41) is 0. The molecule has 0 aliphatic carbocycles. The van der Waals surface area contributed by atoms with Crippen molar-refractivity contribution in [3.63, 3.8) is 0 Å². The van der Waals surface area contributed by atoms with E-state index in [1.165, 1.54) is 11.3 Å². The van der Waals surface area contributed by atoms with Crippen molar-refractivity contribution < 1.29 is 19.1 Å². The Balaban J connectivity index is 1.69. The van der Waals surface area contributed by atoms with Gasteiger partial charge in [-0.15, -0.1) is 6.42 Å². The number of hydrogen-bond donors (Lipinski definition) is 0. The molecule has 0 saturated carbocycles. The predicted molar refractivity (Wildman–Crippen MR) is 113 cm³/mol. The number of carbonyl (C=O) groups is 3. The van der Waals surface area contributed by atoms with Crippen LogP contribution in [0.25, 0.3) is 10.2 Å². The number of benzene rings is 2. The van der Waals surface area contributed by atoms with Crippen LogP contribution in [0, 0.1) is 12.3 Å². The average Bonchev–Trinajstić information content (AvgIpc) is 3.27. The van der Waals surface area contributed by atoms with E-state index >= 15 is 0 Å². The summed E-state index contributed by atoms with van der Waals surface area (Å²) in [6, 6.07) is 11.8. The number of rotatable bonds is 4. The summed E-state index contributed by atoms with van der Waals surface area (Å²) in [4.78, 5) is 42.4. The van der Waals surface area contributed by atoms with Crippen LogP contribution in [0.4, 0.5) is 5.69 Å². The van der Waals surface area contributed by atoms with Gasteiger partial charge in [0.2, 0.25) is 11.8 Å². The van der Waals surface area contributed by atoms with Gasteiger partial charge in [-0.2, -0.15) is 4.99 Å². The molecule has 1 aliphatic heterocycles. The van der Waals surface area contributed by atoms with Crippen LogP contribution >= 0.6 is 11.3 Å². The summed E-state index contributed by atoms with van der Waals surface area (Å²) >= 11 is 1.34. The average molecular weight is 419 g/mol. The molecule has 0 atom stereocenters. The standard InChI is InChI=1S/C22H17N3O4S/c1-3-12-24-17-9-8-16(29-2)13-18(17)30-22(24)23-21(28)14-4-6-15(7-5-14)25-19(26)10-11-20(25)27/h1,4-9,13H,10-12H2,2H3. The van der Waals surface area contributed by atoms with Gasteiger partial charge in [0, 0.05) is 18.4 Å². The quantitative estimate of drug-likeness (QED) is 0.481. The van der Waals surface area contributed by atoms with Gasteiger partial charge in [0.05, 0.1) is 29.6 Å². The monoisotopic (exact) mass is 419 g/mol. The number of ether oxygens (including phenoxy) is 1. The molecule has 0 spiro atoms. The number of thiazole rings is 1. The topological polar surface area (TPSA) is 81.0 Å². The molecular weight excluding hydrogens is 402 g/mol. The number of hydrogen-bond acceptors (Lipinski definition) is 5. The Morgan fingerprint density at radius 1 is 1.17 bits per heavy atom. The van der Waals surface area contributed by atoms with Gasteiger partial charge < -0.3 is 9.30 Å². The fourth-order valence-electron chi connectivity index (χ4n) is 3.28. The number of terminal acetylenes is 1. The third-order valence-corrected chi connectivity index (χ3v) is 5.80. The molecule has 8 heteroatoms. The first-order valence-corrected chi connectivity index (χ1v) is 9.99. The molecule has 3 aromatic rings. The molecule has 0 N–H and O–H groups in total. The highest BCUT2D eigenvalue weighted by atomic mass is 32.1. The van der Waals surface area contributed by atoms with Gasteiger partial charge in [0.25, 0.3) is 5.91 Å². The fraction of sp³-hybridized carbons (Fsp3) is 0.182. The second-order valence-electron chi connectivity index (χ2n) is 6.60. The molecule has 4 rings (SSSR count). The van der Waals surface area contributed by atoms with Gasteiger partial charge in [0.1, 0.15) is 5.75 Å². The number of amides is 3. The Morgan fingerprint density at radius 3 is 2.50 bits per heavy atom. The fourth-order valence-corrected chi connectivity index (χ4v) is 4.34. The molecule has 1 fully saturated rings. The van der Waals surface area contributed by atoms with Gasteiger partial charge in [-0.3, -0.25) is 19.3 Å². The number of carbonyl (C=O) groups excluding carboxylic acids is 3. The first-order chi connectivity index (χ1) is 14.5. The molecule has 0 radical (unpaired) electrons. The Kier molecular flexibility index (Phi) is 5.21. The van der Waals surface area contributed by atoms with Crippen molar-refractivity contribution in [3.8, 4) is 18.1 Å². The van der Waals surface area contributed by atoms with E-state index < -0.39 is 5.91 Å². The van der Waals surface area contributed by atoms with E-state index in [0.717, 1.165) is 15.1 Å². The highest BCUT2D eigenvalue weighted by Crippen LogP contribution is 2.24. The summed E-state index contributed by atoms with van der Waals surface area (Å²) in [7, 11) is 1.59. The maximum absolute atomic E-state index is 12.7. The van der Waals surface area contributed by atoms with Crippen LogP contribution in [0.1, 0.15) is 23.2 Å². The summed E-state index contributed by atoms with van der Waals surface area (Å²) < 4.78 is 7.96. The Morgan fingerprint density at radius 2 is 1.87 bits per heavy atom. The second kappa shape index (κ2) is 7.97. The lowest BCUT2D eigenvalue weighted by molar-refractivity contribution is -0.121. The number of imide groups is 1. The second-order valence-corrected chi connectivity index (χ2v) is 7.60. The zero-order valence-corrected chi connectivity index (χ0v) is 16.9. The number of aromatic nitrogens is 1. The molecule has 2 aromatic carbocycles. The van der Waals surface area contributed by atoms with Gasteiger partial charge in [-0.05, 0) is 42.5 Å². The van der Waals surface area contributed by atoms with Crippen molar-refractivity contribution in [2.24, 2.45) is 4.99 Å². The lowest BCUT2D eigenvalue weighted by Crippen LogP contribution is -2.28. The molecular formula is C22H17N3O4S. The molecule has 0 bridgehead atoms. The van der Waals surface area contributed by atoms with Crippen LogP contribution in [0.5, 0.6) is 5.75 Å². The lowest BCUT2D eigenvalue weighted by atomic mass is 10.2. The molecule has 1 aromatic heterocycles. The van der Waals surface area contributed by atoms with Gasteiger partial charge in [-0.25, -0.2) is 0 Å². The van der Waals surface area contributed by atoms with Gasteiger partial charge in [-0.1, -0.05) is 17.3 Å². The van der Waals surface area contributed by atoms with Crippen molar-refractivity contribution >= 4 is 45.0 Å². The molecule has 150 valence electrons. The number of anilines is 1. The van der Waals surface area contributed by atoms with Crippen LogP contribution in [0.15, 0.2) is 47.5 Å². The van der Waals surface area contributed by atoms with E-state index in [-0.39, 0.29) is 31.2 Å². The molecule has 30 heavy (non-hydrogen) atoms. The van der Waals surface area contributed by atoms with Crippen LogP contribution in [0.3, 0.4) is 0 Å². The van der Waals surface area contributed by atoms with Crippen LogP contribution in [-0.2, 0) is 16.1 Å². The molecule has 1 aliphatic rings. The Hall–Kier alpha value is -3.70. The molecule has 3 amide bonds. The summed E-state index contributed by atoms with van der Waals surface area (Å²) in [6.07, 6.45) is 5.92. The minimum atomic E-state index is -0.440. The lowest BCUT2D eigenvalue weighted by Gasteiger charge is -2.13. The van der Waals surface area contributed by atoms with E-state index in [4.69, 9.17) is 11.2 Å². The van der Waals surface area contributed by atoms with Crippen molar-refractivity contribution in [1.82, 2.24) is 4.57 Å². The van der Waals surface area contributed by atoms with E-state index in [1.54, 1.807) is 35.9 Å². The first-order valence-electron chi connectivity index (χ1n) is 9.17. The normalized spacial score (nSPS) is 14.4. The maximum atomic E-state index is 12.7. The minimum absolute atomic E-state index is 0.209. The van der Waals surface area contributed by atoms with E-state index in [1.807, 2.05) is 18.2 Å². The number of methoxy groups -OCH3 is 1. The maximum Gasteiger partial charge on any atom is 0.279 e. The van der Waals surface area contributed by atoms with E-state index in [0.29, 0.717) is 21.8 Å². The summed E-state index contributed by atoms with van der Waals surface area (Å²) in [5.41, 5.74) is 1.67. The molecule has 7 nitrogen and oxygen atoms in total. The highest BCUT2D eigenvalue weighted by Gasteiger charge is 2.30. The third kappa shape index (κ3) is 3.51.